The molecular formula is C10H10N2OS. The minimum atomic E-state index is 0.0882. The Balaban J connectivity index is 2.25. The molecule has 0 aliphatic carbocycles. The molecule has 0 saturated carbocycles. The van der Waals surface area contributed by atoms with Crippen molar-refractivity contribution in [1.29, 1.82) is 0 Å². The lowest BCUT2D eigenvalue weighted by Crippen LogP contribution is -2.06. The van der Waals surface area contributed by atoms with E-state index in [9.17, 15) is 4.79 Å². The van der Waals surface area contributed by atoms with E-state index in [-0.39, 0.29) is 5.78 Å². The predicted molar refractivity (Wildman–Crippen MR) is 55.7 cm³/mol. The molecule has 0 N–H and O–H groups in total. The number of carbonyl (C=O) groups is 1. The van der Waals surface area contributed by atoms with Gasteiger partial charge in [0.25, 0.3) is 0 Å². The Bertz CT molecular complexity index is 431. The van der Waals surface area contributed by atoms with Gasteiger partial charge in [-0.15, -0.1) is 11.3 Å². The molecule has 0 amide bonds. The molecule has 4 heteroatoms. The maximum Gasteiger partial charge on any atom is 0.176 e. The molecule has 2 rings (SSSR count). The number of hydrogen-bond acceptors (Lipinski definition) is 3. The second-order valence-corrected chi connectivity index (χ2v) is 3.78. The molecule has 0 aromatic carbocycles. The maximum absolute atomic E-state index is 11.2. The molecule has 0 radical (unpaired) electrons. The van der Waals surface area contributed by atoms with Crippen molar-refractivity contribution in [2.45, 2.75) is 13.5 Å². The smallest absolute Gasteiger partial charge is 0.176 e. The maximum atomic E-state index is 11.2. The number of rotatable bonds is 3. The number of carbonyl (C=O) groups excluding carboxylic acids is 1. The minimum absolute atomic E-state index is 0.0882. The van der Waals surface area contributed by atoms with Gasteiger partial charge in [0.1, 0.15) is 0 Å². The van der Waals surface area contributed by atoms with E-state index in [4.69, 9.17) is 0 Å². The highest BCUT2D eigenvalue weighted by atomic mass is 32.1. The molecule has 0 fully saturated rings. The molecule has 0 aliphatic heterocycles. The highest BCUT2D eigenvalue weighted by Crippen LogP contribution is 2.08. The first kappa shape index (κ1) is 9.15. The predicted octanol–water partition coefficient (Wildman–Crippen LogP) is 2.20. The standard InChI is InChI=1S/C10H10N2OS/c1-8(13)10-3-2-4-12(10)5-9-6-14-7-11-9/h2-4,6-7H,5H2,1H3. The second kappa shape index (κ2) is 3.75. The number of hydrogen-bond donors (Lipinski definition) is 0. The number of ketones is 1. The molecule has 0 atom stereocenters. The van der Waals surface area contributed by atoms with E-state index in [1.165, 1.54) is 0 Å². The summed E-state index contributed by atoms with van der Waals surface area (Å²) in [6, 6.07) is 3.71. The Morgan fingerprint density at radius 2 is 2.50 bits per heavy atom. The van der Waals surface area contributed by atoms with E-state index < -0.39 is 0 Å². The largest absolute Gasteiger partial charge is 0.339 e. The van der Waals surface area contributed by atoms with Gasteiger partial charge in [-0.3, -0.25) is 4.79 Å². The summed E-state index contributed by atoms with van der Waals surface area (Å²) in [4.78, 5) is 15.4. The molecule has 2 heterocycles. The van der Waals surface area contributed by atoms with Crippen molar-refractivity contribution >= 4 is 17.1 Å². The quantitative estimate of drug-likeness (QED) is 0.721. The molecule has 0 bridgehead atoms. The van der Waals surface area contributed by atoms with Gasteiger partial charge in [0, 0.05) is 18.5 Å². The monoisotopic (exact) mass is 206 g/mol. The van der Waals surface area contributed by atoms with Gasteiger partial charge in [0.15, 0.2) is 5.78 Å². The molecule has 0 aliphatic rings. The Labute approximate surface area is 86.0 Å². The van der Waals surface area contributed by atoms with Crippen molar-refractivity contribution < 1.29 is 4.79 Å². The Kier molecular flexibility index (Phi) is 2.45. The lowest BCUT2D eigenvalue weighted by atomic mass is 10.3. The van der Waals surface area contributed by atoms with Gasteiger partial charge in [0.05, 0.1) is 23.4 Å². The van der Waals surface area contributed by atoms with E-state index in [0.717, 1.165) is 11.4 Å². The van der Waals surface area contributed by atoms with Gasteiger partial charge in [-0.1, -0.05) is 0 Å². The first-order valence-electron chi connectivity index (χ1n) is 4.30. The summed E-state index contributed by atoms with van der Waals surface area (Å²) in [7, 11) is 0. The van der Waals surface area contributed by atoms with E-state index in [0.29, 0.717) is 6.54 Å². The van der Waals surface area contributed by atoms with Crippen molar-refractivity contribution in [1.82, 2.24) is 9.55 Å². The highest BCUT2D eigenvalue weighted by Gasteiger charge is 2.06. The average Bonchev–Trinajstić information content (AvgIpc) is 2.75. The first-order valence-corrected chi connectivity index (χ1v) is 5.25. The number of aromatic nitrogens is 2. The molecule has 2 aromatic heterocycles. The van der Waals surface area contributed by atoms with Crippen LogP contribution in [0.2, 0.25) is 0 Å². The summed E-state index contributed by atoms with van der Waals surface area (Å²) in [5, 5.41) is 1.99. The van der Waals surface area contributed by atoms with Gasteiger partial charge in [-0.05, 0) is 12.1 Å². The van der Waals surface area contributed by atoms with E-state index in [1.54, 1.807) is 23.8 Å². The number of thiazole rings is 1. The topological polar surface area (TPSA) is 34.9 Å². The van der Waals surface area contributed by atoms with Gasteiger partial charge in [-0.25, -0.2) is 4.98 Å². The molecule has 0 unspecified atom stereocenters. The van der Waals surface area contributed by atoms with Crippen molar-refractivity contribution in [3.8, 4) is 0 Å². The second-order valence-electron chi connectivity index (χ2n) is 3.06. The van der Waals surface area contributed by atoms with Crippen LogP contribution in [0.1, 0.15) is 23.1 Å². The molecule has 3 nitrogen and oxygen atoms in total. The van der Waals surface area contributed by atoms with Crippen LogP contribution in [0.5, 0.6) is 0 Å². The van der Waals surface area contributed by atoms with Gasteiger partial charge in [0.2, 0.25) is 0 Å². The van der Waals surface area contributed by atoms with Gasteiger partial charge < -0.3 is 4.57 Å². The average molecular weight is 206 g/mol. The summed E-state index contributed by atoms with van der Waals surface area (Å²) < 4.78 is 1.91. The zero-order valence-electron chi connectivity index (χ0n) is 7.80. The third kappa shape index (κ3) is 1.75. The van der Waals surface area contributed by atoms with Crippen molar-refractivity contribution in [2.24, 2.45) is 0 Å². The van der Waals surface area contributed by atoms with Crippen molar-refractivity contribution in [3.05, 3.63) is 40.6 Å². The summed E-state index contributed by atoms with van der Waals surface area (Å²) in [5.41, 5.74) is 3.53. The normalized spacial score (nSPS) is 10.4. The van der Waals surface area contributed by atoms with Crippen LogP contribution < -0.4 is 0 Å². The fraction of sp³-hybridized carbons (Fsp3) is 0.200. The van der Waals surface area contributed by atoms with Crippen LogP contribution in [0.25, 0.3) is 0 Å². The summed E-state index contributed by atoms with van der Waals surface area (Å²) in [6.45, 7) is 2.25. The molecule has 72 valence electrons. The summed E-state index contributed by atoms with van der Waals surface area (Å²) >= 11 is 1.57. The van der Waals surface area contributed by atoms with Gasteiger partial charge >= 0.3 is 0 Å². The molecule has 14 heavy (non-hydrogen) atoms. The van der Waals surface area contributed by atoms with Crippen LogP contribution in [0.3, 0.4) is 0 Å². The molecule has 0 spiro atoms. The third-order valence-electron chi connectivity index (χ3n) is 2.01. The SMILES string of the molecule is CC(=O)c1cccn1Cc1cscn1. The Morgan fingerprint density at radius 3 is 3.14 bits per heavy atom. The van der Waals surface area contributed by atoms with Crippen LogP contribution in [-0.2, 0) is 6.54 Å². The zero-order valence-corrected chi connectivity index (χ0v) is 8.62. The van der Waals surface area contributed by atoms with Crippen LogP contribution in [-0.4, -0.2) is 15.3 Å². The van der Waals surface area contributed by atoms with Gasteiger partial charge in [-0.2, -0.15) is 0 Å². The molecule has 2 aromatic rings. The fourth-order valence-corrected chi connectivity index (χ4v) is 1.91. The lowest BCUT2D eigenvalue weighted by molar-refractivity contribution is 0.100. The molecular weight excluding hydrogens is 196 g/mol. The first-order chi connectivity index (χ1) is 6.77. The van der Waals surface area contributed by atoms with Crippen LogP contribution in [0.4, 0.5) is 0 Å². The summed E-state index contributed by atoms with van der Waals surface area (Å²) in [6.07, 6.45) is 1.90. The Hall–Kier alpha value is -1.42. The fourth-order valence-electron chi connectivity index (χ4n) is 1.36. The van der Waals surface area contributed by atoms with Crippen LogP contribution in [0.15, 0.2) is 29.2 Å². The lowest BCUT2D eigenvalue weighted by Gasteiger charge is -2.03. The van der Waals surface area contributed by atoms with Crippen LogP contribution in [0, 0.1) is 0 Å². The third-order valence-corrected chi connectivity index (χ3v) is 2.64. The Morgan fingerprint density at radius 1 is 1.64 bits per heavy atom. The van der Waals surface area contributed by atoms with Crippen molar-refractivity contribution in [3.63, 3.8) is 0 Å². The van der Waals surface area contributed by atoms with E-state index in [2.05, 4.69) is 4.98 Å². The van der Waals surface area contributed by atoms with E-state index in [1.807, 2.05) is 28.3 Å². The number of nitrogens with zero attached hydrogens (tertiary/aromatic N) is 2. The van der Waals surface area contributed by atoms with Crippen molar-refractivity contribution in [2.75, 3.05) is 0 Å². The van der Waals surface area contributed by atoms with E-state index >= 15 is 0 Å². The zero-order chi connectivity index (χ0) is 9.97. The summed E-state index contributed by atoms with van der Waals surface area (Å²) in [5.74, 6) is 0.0882. The molecule has 0 saturated heterocycles. The van der Waals surface area contributed by atoms with Crippen LogP contribution >= 0.6 is 11.3 Å². The minimum Gasteiger partial charge on any atom is -0.339 e. The number of Topliss-reactive ketones (excluding diaryl/α,β-unsaturated/α-hetero) is 1. The highest BCUT2D eigenvalue weighted by molar-refractivity contribution is 7.07.